The van der Waals surface area contributed by atoms with E-state index in [1.165, 1.54) is 12.8 Å². The van der Waals surface area contributed by atoms with Gasteiger partial charge in [-0.25, -0.2) is 0 Å². The largest absolute Gasteiger partial charge is 0.490 e. The van der Waals surface area contributed by atoms with Crippen LogP contribution in [-0.2, 0) is 0 Å². The van der Waals surface area contributed by atoms with Gasteiger partial charge in [0.2, 0.25) is 0 Å². The van der Waals surface area contributed by atoms with Crippen molar-refractivity contribution in [2.75, 3.05) is 26.3 Å². The second-order valence-corrected chi connectivity index (χ2v) is 6.97. The summed E-state index contributed by atoms with van der Waals surface area (Å²) in [7, 11) is 0. The van der Waals surface area contributed by atoms with Crippen molar-refractivity contribution in [3.05, 3.63) is 23.8 Å². The van der Waals surface area contributed by atoms with E-state index in [0.29, 0.717) is 36.6 Å². The average molecular weight is 383 g/mol. The van der Waals surface area contributed by atoms with Crippen LogP contribution in [0.2, 0.25) is 0 Å². The fourth-order valence-electron chi connectivity index (χ4n) is 3.67. The molecule has 1 amide bonds. The van der Waals surface area contributed by atoms with Crippen LogP contribution in [0.5, 0.6) is 11.5 Å². The van der Waals surface area contributed by atoms with E-state index in [1.807, 2.05) is 30.0 Å². The number of fused-ring (bicyclic) bond motifs is 2. The van der Waals surface area contributed by atoms with Gasteiger partial charge >= 0.3 is 0 Å². The molecule has 0 radical (unpaired) electrons. The third-order valence-corrected chi connectivity index (χ3v) is 5.06. The molecule has 2 fully saturated rings. The van der Waals surface area contributed by atoms with Gasteiger partial charge in [0, 0.05) is 30.7 Å². The molecule has 0 saturated carbocycles. The molecule has 5 nitrogen and oxygen atoms in total. The SMILES string of the molecule is CCCCOc1ccc(C(=O)N2CCC3CCC(C2)N3)cc1OCC.Cl. The Kier molecular flexibility index (Phi) is 8.04. The van der Waals surface area contributed by atoms with Gasteiger partial charge in [-0.1, -0.05) is 13.3 Å². The van der Waals surface area contributed by atoms with Gasteiger partial charge in [0.05, 0.1) is 13.2 Å². The Hall–Kier alpha value is -1.46. The summed E-state index contributed by atoms with van der Waals surface area (Å²) < 4.78 is 11.5. The molecule has 146 valence electrons. The summed E-state index contributed by atoms with van der Waals surface area (Å²) in [5.74, 6) is 1.48. The minimum Gasteiger partial charge on any atom is -0.490 e. The van der Waals surface area contributed by atoms with Gasteiger partial charge in [-0.05, 0) is 50.8 Å². The predicted octanol–water partition coefficient (Wildman–Crippen LogP) is 3.65. The first-order chi connectivity index (χ1) is 12.2. The van der Waals surface area contributed by atoms with Crippen molar-refractivity contribution in [3.63, 3.8) is 0 Å². The monoisotopic (exact) mass is 382 g/mol. The number of carbonyl (C=O) groups excluding carboxylic acids is 1. The highest BCUT2D eigenvalue weighted by Gasteiger charge is 2.31. The number of amides is 1. The molecular weight excluding hydrogens is 352 g/mol. The lowest BCUT2D eigenvalue weighted by atomic mass is 10.1. The molecule has 2 heterocycles. The zero-order chi connectivity index (χ0) is 17.6. The maximum atomic E-state index is 13.0. The molecule has 2 atom stereocenters. The van der Waals surface area contributed by atoms with Crippen LogP contribution < -0.4 is 14.8 Å². The number of ether oxygens (including phenoxy) is 2. The van der Waals surface area contributed by atoms with Gasteiger partial charge in [-0.15, -0.1) is 12.4 Å². The molecule has 1 N–H and O–H groups in total. The lowest BCUT2D eigenvalue weighted by Crippen LogP contribution is -2.39. The number of benzene rings is 1. The molecule has 0 aliphatic carbocycles. The highest BCUT2D eigenvalue weighted by Crippen LogP contribution is 2.30. The number of likely N-dealkylation sites (tertiary alicyclic amines) is 1. The molecule has 2 aliphatic heterocycles. The molecule has 6 heteroatoms. The Balaban J connectivity index is 0.00000243. The van der Waals surface area contributed by atoms with Crippen LogP contribution in [0, 0.1) is 0 Å². The van der Waals surface area contributed by atoms with Crippen LogP contribution in [-0.4, -0.2) is 49.2 Å². The Morgan fingerprint density at radius 2 is 1.96 bits per heavy atom. The van der Waals surface area contributed by atoms with Crippen LogP contribution in [0.3, 0.4) is 0 Å². The van der Waals surface area contributed by atoms with E-state index in [4.69, 9.17) is 9.47 Å². The molecule has 2 aliphatic rings. The zero-order valence-electron chi connectivity index (χ0n) is 15.8. The van der Waals surface area contributed by atoms with Crippen LogP contribution in [0.4, 0.5) is 0 Å². The first-order valence-electron chi connectivity index (χ1n) is 9.66. The first-order valence-corrected chi connectivity index (χ1v) is 9.66. The van der Waals surface area contributed by atoms with Crippen molar-refractivity contribution in [3.8, 4) is 11.5 Å². The van der Waals surface area contributed by atoms with Crippen molar-refractivity contribution in [2.45, 2.75) is 58.0 Å². The van der Waals surface area contributed by atoms with Crippen LogP contribution in [0.1, 0.15) is 56.3 Å². The van der Waals surface area contributed by atoms with Crippen LogP contribution >= 0.6 is 12.4 Å². The van der Waals surface area contributed by atoms with Crippen molar-refractivity contribution in [1.29, 1.82) is 0 Å². The summed E-state index contributed by atoms with van der Waals surface area (Å²) in [6.07, 6.45) is 5.55. The van der Waals surface area contributed by atoms with Gasteiger partial charge in [0.1, 0.15) is 0 Å². The summed E-state index contributed by atoms with van der Waals surface area (Å²) in [6, 6.07) is 6.60. The highest BCUT2D eigenvalue weighted by atomic mass is 35.5. The summed E-state index contributed by atoms with van der Waals surface area (Å²) in [5, 5.41) is 3.62. The zero-order valence-corrected chi connectivity index (χ0v) is 16.6. The predicted molar refractivity (Wildman–Crippen MR) is 106 cm³/mol. The van der Waals surface area contributed by atoms with Gasteiger partial charge < -0.3 is 19.7 Å². The van der Waals surface area contributed by atoms with E-state index in [2.05, 4.69) is 12.2 Å². The molecular formula is C20H31ClN2O3. The van der Waals surface area contributed by atoms with Crippen LogP contribution in [0.25, 0.3) is 0 Å². The molecule has 2 saturated heterocycles. The lowest BCUT2D eigenvalue weighted by Gasteiger charge is -2.24. The lowest BCUT2D eigenvalue weighted by molar-refractivity contribution is 0.0747. The molecule has 0 spiro atoms. The molecule has 0 aromatic heterocycles. The third-order valence-electron chi connectivity index (χ3n) is 5.06. The van der Waals surface area contributed by atoms with Crippen molar-refractivity contribution < 1.29 is 14.3 Å². The third kappa shape index (κ3) is 5.04. The van der Waals surface area contributed by atoms with E-state index in [9.17, 15) is 4.79 Å². The smallest absolute Gasteiger partial charge is 0.254 e. The van der Waals surface area contributed by atoms with Gasteiger partial charge in [0.15, 0.2) is 11.5 Å². The average Bonchev–Trinajstić information content (AvgIpc) is 2.95. The first kappa shape index (κ1) is 20.8. The van der Waals surface area contributed by atoms with Gasteiger partial charge in [-0.3, -0.25) is 4.79 Å². The fraction of sp³-hybridized carbons (Fsp3) is 0.650. The number of carbonyl (C=O) groups is 1. The van der Waals surface area contributed by atoms with Crippen molar-refractivity contribution >= 4 is 18.3 Å². The second kappa shape index (κ2) is 10.0. The van der Waals surface area contributed by atoms with Crippen LogP contribution in [0.15, 0.2) is 18.2 Å². The Morgan fingerprint density at radius 3 is 2.73 bits per heavy atom. The van der Waals surface area contributed by atoms with E-state index < -0.39 is 0 Å². The number of rotatable bonds is 7. The summed E-state index contributed by atoms with van der Waals surface area (Å²) in [4.78, 5) is 14.9. The maximum absolute atomic E-state index is 13.0. The number of hydrogen-bond acceptors (Lipinski definition) is 4. The number of unbranched alkanes of at least 4 members (excludes halogenated alkanes) is 1. The highest BCUT2D eigenvalue weighted by molar-refractivity contribution is 5.95. The summed E-state index contributed by atoms with van der Waals surface area (Å²) in [6.45, 7) is 6.93. The summed E-state index contributed by atoms with van der Waals surface area (Å²) in [5.41, 5.74) is 0.684. The van der Waals surface area contributed by atoms with E-state index in [-0.39, 0.29) is 18.3 Å². The van der Waals surface area contributed by atoms with Gasteiger partial charge in [0.25, 0.3) is 5.91 Å². The van der Waals surface area contributed by atoms with Crippen molar-refractivity contribution in [2.24, 2.45) is 0 Å². The standard InChI is InChI=1S/C20H30N2O3.ClH/c1-3-5-12-25-18-9-6-15(13-19(18)24-4-2)20(23)22-11-10-16-7-8-17(14-22)21-16;/h6,9,13,16-17,21H,3-5,7-8,10-12,14H2,1-2H3;1H. The number of hydrogen-bond donors (Lipinski definition) is 1. The van der Waals surface area contributed by atoms with Gasteiger partial charge in [-0.2, -0.15) is 0 Å². The molecule has 2 bridgehead atoms. The van der Waals surface area contributed by atoms with E-state index in [1.54, 1.807) is 0 Å². The maximum Gasteiger partial charge on any atom is 0.254 e. The molecule has 1 aromatic rings. The van der Waals surface area contributed by atoms with E-state index in [0.717, 1.165) is 38.1 Å². The second-order valence-electron chi connectivity index (χ2n) is 6.97. The summed E-state index contributed by atoms with van der Waals surface area (Å²) >= 11 is 0. The molecule has 3 rings (SSSR count). The number of nitrogens with one attached hydrogen (secondary N) is 1. The Labute approximate surface area is 162 Å². The topological polar surface area (TPSA) is 50.8 Å². The Bertz CT molecular complexity index is 596. The normalized spacial score (nSPS) is 21.7. The molecule has 26 heavy (non-hydrogen) atoms. The fourth-order valence-corrected chi connectivity index (χ4v) is 3.67. The molecule has 1 aromatic carbocycles. The number of halogens is 1. The minimum atomic E-state index is 0. The van der Waals surface area contributed by atoms with Crippen molar-refractivity contribution in [1.82, 2.24) is 10.2 Å². The minimum absolute atomic E-state index is 0. The Morgan fingerprint density at radius 1 is 1.15 bits per heavy atom. The quantitative estimate of drug-likeness (QED) is 0.731. The number of nitrogens with zero attached hydrogens (tertiary/aromatic N) is 1. The van der Waals surface area contributed by atoms with E-state index >= 15 is 0 Å². The molecule has 2 unspecified atom stereocenters.